The quantitative estimate of drug-likeness (QED) is 0.157. The molecule has 0 amide bonds. The maximum Gasteiger partial charge on any atom is 0.0159 e. The molecule has 0 unspecified atom stereocenters. The molecule has 276 valence electrons. The highest BCUT2D eigenvalue weighted by Crippen LogP contribution is 2.54. The van der Waals surface area contributed by atoms with Gasteiger partial charge in [0.05, 0.1) is 0 Å². The van der Waals surface area contributed by atoms with Crippen LogP contribution < -0.4 is 0 Å². The molecule has 0 nitrogen and oxygen atoms in total. The highest BCUT2D eigenvalue weighted by molar-refractivity contribution is 6.23. The summed E-state index contributed by atoms with van der Waals surface area (Å²) in [6.07, 6.45) is 0. The summed E-state index contributed by atoms with van der Waals surface area (Å²) in [4.78, 5) is 0. The van der Waals surface area contributed by atoms with Gasteiger partial charge in [0.25, 0.3) is 0 Å². The van der Waals surface area contributed by atoms with E-state index in [0.717, 1.165) is 0 Å². The molecular formula is C59H40. The van der Waals surface area contributed by atoms with Gasteiger partial charge in [-0.05, 0) is 157 Å². The van der Waals surface area contributed by atoms with Gasteiger partial charge in [0.2, 0.25) is 0 Å². The molecule has 0 heterocycles. The molecule has 0 radical (unpaired) electrons. The monoisotopic (exact) mass is 748 g/mol. The van der Waals surface area contributed by atoms with E-state index in [4.69, 9.17) is 0 Å². The van der Waals surface area contributed by atoms with Gasteiger partial charge < -0.3 is 0 Å². The highest BCUT2D eigenvalue weighted by atomic mass is 14.4. The summed E-state index contributed by atoms with van der Waals surface area (Å²) in [5.74, 6) is 0. The molecule has 0 atom stereocenters. The van der Waals surface area contributed by atoms with Crippen LogP contribution in [-0.4, -0.2) is 0 Å². The fourth-order valence-electron chi connectivity index (χ4n) is 10.1. The molecule has 1 aliphatic carbocycles. The van der Waals surface area contributed by atoms with E-state index < -0.39 is 0 Å². The summed E-state index contributed by atoms with van der Waals surface area (Å²) in [6, 6.07) is 77.2. The molecule has 0 aromatic heterocycles. The van der Waals surface area contributed by atoms with Crippen LogP contribution in [-0.2, 0) is 5.41 Å². The van der Waals surface area contributed by atoms with Crippen molar-refractivity contribution in [2.45, 2.75) is 19.3 Å². The largest absolute Gasteiger partial charge is 0.0616 e. The van der Waals surface area contributed by atoms with Crippen LogP contribution in [0.1, 0.15) is 25.0 Å². The lowest BCUT2D eigenvalue weighted by atomic mass is 9.79. The molecule has 12 rings (SSSR count). The molecule has 1 aliphatic rings. The van der Waals surface area contributed by atoms with Gasteiger partial charge in [-0.25, -0.2) is 0 Å². The number of benzene rings is 11. The van der Waals surface area contributed by atoms with Gasteiger partial charge in [-0.2, -0.15) is 0 Å². The molecule has 0 aliphatic heterocycles. The lowest BCUT2D eigenvalue weighted by molar-refractivity contribution is 0.661. The number of hydrogen-bond acceptors (Lipinski definition) is 0. The van der Waals surface area contributed by atoms with Crippen LogP contribution in [0.3, 0.4) is 0 Å². The zero-order chi connectivity index (χ0) is 39.2. The average Bonchev–Trinajstić information content (AvgIpc) is 3.51. The Morgan fingerprint density at radius 1 is 0.254 bits per heavy atom. The van der Waals surface area contributed by atoms with Gasteiger partial charge in [-0.15, -0.1) is 0 Å². The van der Waals surface area contributed by atoms with Crippen molar-refractivity contribution in [2.24, 2.45) is 0 Å². The molecule has 0 heteroatoms. The third-order valence-electron chi connectivity index (χ3n) is 13.2. The molecule has 11 aromatic rings. The molecule has 59 heavy (non-hydrogen) atoms. The zero-order valence-electron chi connectivity index (χ0n) is 33.1. The smallest absolute Gasteiger partial charge is 0.0159 e. The van der Waals surface area contributed by atoms with E-state index in [9.17, 15) is 0 Å². The molecule has 0 saturated carbocycles. The Morgan fingerprint density at radius 3 is 1.24 bits per heavy atom. The van der Waals surface area contributed by atoms with E-state index in [-0.39, 0.29) is 5.41 Å². The Kier molecular flexibility index (Phi) is 7.38. The average molecular weight is 749 g/mol. The van der Waals surface area contributed by atoms with Crippen molar-refractivity contribution in [1.29, 1.82) is 0 Å². The second-order valence-electron chi connectivity index (χ2n) is 16.9. The Balaban J connectivity index is 1.09. The number of hydrogen-bond donors (Lipinski definition) is 0. The maximum atomic E-state index is 2.55. The minimum Gasteiger partial charge on any atom is -0.0616 e. The molecule has 0 spiro atoms. The van der Waals surface area contributed by atoms with Crippen LogP contribution in [0.15, 0.2) is 206 Å². The van der Waals surface area contributed by atoms with E-state index in [1.165, 1.54) is 121 Å². The van der Waals surface area contributed by atoms with E-state index >= 15 is 0 Å². The summed E-state index contributed by atoms with van der Waals surface area (Å²) in [7, 11) is 0. The molecule has 0 bridgehead atoms. The summed E-state index contributed by atoms with van der Waals surface area (Å²) in [6.45, 7) is 4.83. The molecule has 0 fully saturated rings. The van der Waals surface area contributed by atoms with Crippen molar-refractivity contribution in [3.8, 4) is 55.6 Å². The van der Waals surface area contributed by atoms with Crippen LogP contribution in [0.5, 0.6) is 0 Å². The highest BCUT2D eigenvalue weighted by Gasteiger charge is 2.37. The van der Waals surface area contributed by atoms with Crippen molar-refractivity contribution in [3.63, 3.8) is 0 Å². The van der Waals surface area contributed by atoms with Crippen LogP contribution in [0.2, 0.25) is 0 Å². The minimum absolute atomic E-state index is 0.197. The Hall–Kier alpha value is -7.28. The lowest BCUT2D eigenvalue weighted by Crippen LogP contribution is -2.15. The summed E-state index contributed by atoms with van der Waals surface area (Å²) in [5.41, 5.74) is 15.2. The van der Waals surface area contributed by atoms with Gasteiger partial charge in [0.15, 0.2) is 0 Å². The molecule has 0 N–H and O–H groups in total. The molecule has 11 aromatic carbocycles. The van der Waals surface area contributed by atoms with Gasteiger partial charge in [-0.3, -0.25) is 0 Å². The van der Waals surface area contributed by atoms with E-state index in [1.54, 1.807) is 0 Å². The Bertz CT molecular complexity index is 3510. The van der Waals surface area contributed by atoms with Gasteiger partial charge in [0.1, 0.15) is 0 Å². The van der Waals surface area contributed by atoms with Crippen molar-refractivity contribution in [3.05, 3.63) is 217 Å². The summed E-state index contributed by atoms with van der Waals surface area (Å²) >= 11 is 0. The Morgan fingerprint density at radius 2 is 0.644 bits per heavy atom. The first-order chi connectivity index (χ1) is 29.0. The number of fused-ring (bicyclic) bond motifs is 8. The van der Waals surface area contributed by atoms with E-state index in [2.05, 4.69) is 220 Å². The van der Waals surface area contributed by atoms with Crippen molar-refractivity contribution < 1.29 is 0 Å². The van der Waals surface area contributed by atoms with Crippen LogP contribution >= 0.6 is 0 Å². The normalized spacial score (nSPS) is 13.1. The SMILES string of the molecule is CC1(C)c2cc(-c3ccc4ccccc4c3)ccc2-c2cc3c(-c4ccc5ccccc5c4)c4ccccc4c(-c4ccc(-c5ccc6ccccc6c5)cc4)c3cc21. The van der Waals surface area contributed by atoms with Crippen LogP contribution in [0, 0.1) is 0 Å². The maximum absolute atomic E-state index is 2.55. The topological polar surface area (TPSA) is 0 Å². The first-order valence-electron chi connectivity index (χ1n) is 20.7. The third kappa shape index (κ3) is 5.30. The predicted molar refractivity (Wildman–Crippen MR) is 253 cm³/mol. The predicted octanol–water partition coefficient (Wildman–Crippen LogP) is 16.4. The Labute approximate surface area is 344 Å². The summed E-state index contributed by atoms with van der Waals surface area (Å²) in [5, 5.41) is 12.7. The van der Waals surface area contributed by atoms with Gasteiger partial charge in [0, 0.05) is 5.41 Å². The van der Waals surface area contributed by atoms with Gasteiger partial charge in [-0.1, -0.05) is 184 Å². The van der Waals surface area contributed by atoms with E-state index in [1.807, 2.05) is 0 Å². The molecule has 0 saturated heterocycles. The molecular weight excluding hydrogens is 709 g/mol. The van der Waals surface area contributed by atoms with Gasteiger partial charge >= 0.3 is 0 Å². The first-order valence-corrected chi connectivity index (χ1v) is 20.7. The van der Waals surface area contributed by atoms with Crippen molar-refractivity contribution in [1.82, 2.24) is 0 Å². The third-order valence-corrected chi connectivity index (χ3v) is 13.2. The second-order valence-corrected chi connectivity index (χ2v) is 16.9. The standard InChI is InChI=1S/C59H40/c1-59(2)55-34-47(46-27-22-38-12-4-7-15-43(38)32-46)29-30-49(55)52-35-53-54(36-56(52)59)57(41-24-19-40(20-25-41)45-26-21-37-11-3-6-14-42(37)31-45)50-17-9-10-18-51(50)58(53)48-28-23-39-13-5-8-16-44(39)33-48/h3-36H,1-2H3. The van der Waals surface area contributed by atoms with E-state index in [0.29, 0.717) is 0 Å². The zero-order valence-corrected chi connectivity index (χ0v) is 33.1. The minimum atomic E-state index is -0.197. The summed E-state index contributed by atoms with van der Waals surface area (Å²) < 4.78 is 0. The van der Waals surface area contributed by atoms with Crippen LogP contribution in [0.25, 0.3) is 109 Å². The second kappa shape index (κ2) is 12.9. The van der Waals surface area contributed by atoms with Crippen molar-refractivity contribution in [2.75, 3.05) is 0 Å². The number of rotatable bonds is 4. The fraction of sp³-hybridized carbons (Fsp3) is 0.0508. The van der Waals surface area contributed by atoms with Crippen LogP contribution in [0.4, 0.5) is 0 Å². The lowest BCUT2D eigenvalue weighted by Gasteiger charge is -2.24. The first kappa shape index (κ1) is 33.8. The van der Waals surface area contributed by atoms with Crippen molar-refractivity contribution >= 4 is 53.9 Å². The fourth-order valence-corrected chi connectivity index (χ4v) is 10.1.